The molecule has 1 N–H and O–H groups in total. The van der Waals surface area contributed by atoms with Crippen LogP contribution in [0.15, 0.2) is 47.4 Å². The van der Waals surface area contributed by atoms with E-state index in [1.807, 2.05) is 0 Å². The van der Waals surface area contributed by atoms with Crippen molar-refractivity contribution in [2.75, 3.05) is 31.0 Å². The molecule has 166 valence electrons. The average molecular weight is 456 g/mol. The van der Waals surface area contributed by atoms with Crippen molar-refractivity contribution in [1.82, 2.24) is 4.90 Å². The fourth-order valence-electron chi connectivity index (χ4n) is 3.27. The molecule has 9 nitrogen and oxygen atoms in total. The molecule has 1 fully saturated rings. The van der Waals surface area contributed by atoms with Gasteiger partial charge < -0.3 is 19.5 Å². The van der Waals surface area contributed by atoms with Crippen LogP contribution in [-0.2, 0) is 19.1 Å². The number of carbonyl (C=O) groups is 4. The molecule has 2 aromatic rings. The minimum atomic E-state index is -0.690. The summed E-state index contributed by atoms with van der Waals surface area (Å²) in [5.74, 6) is -0.500. The molecule has 0 aliphatic carbocycles. The first-order valence-electron chi connectivity index (χ1n) is 9.93. The molecule has 0 atom stereocenters. The second-order valence-corrected chi connectivity index (χ2v) is 8.04. The lowest BCUT2D eigenvalue weighted by atomic mass is 10.2. The van der Waals surface area contributed by atoms with Crippen LogP contribution in [0, 0.1) is 0 Å². The summed E-state index contributed by atoms with van der Waals surface area (Å²) < 4.78 is 15.7. The van der Waals surface area contributed by atoms with E-state index >= 15 is 0 Å². The second kappa shape index (κ2) is 9.73. The largest absolute Gasteiger partial charge is 0.454 e. The van der Waals surface area contributed by atoms with Crippen molar-refractivity contribution in [3.63, 3.8) is 0 Å². The maximum absolute atomic E-state index is 12.5. The van der Waals surface area contributed by atoms with Gasteiger partial charge in [0.1, 0.15) is 0 Å². The van der Waals surface area contributed by atoms with Gasteiger partial charge in [0.2, 0.25) is 18.6 Å². The second-order valence-electron chi connectivity index (χ2n) is 7.02. The number of carbonyl (C=O) groups excluding carboxylic acids is 4. The minimum absolute atomic E-state index is 0.0555. The van der Waals surface area contributed by atoms with Gasteiger partial charge in [0.05, 0.1) is 11.3 Å². The van der Waals surface area contributed by atoms with Crippen LogP contribution in [0.1, 0.15) is 23.2 Å². The Labute approximate surface area is 188 Å². The predicted molar refractivity (Wildman–Crippen MR) is 115 cm³/mol. The molecular formula is C22H20N2O7S. The third-order valence-corrected chi connectivity index (χ3v) is 5.90. The zero-order chi connectivity index (χ0) is 22.5. The maximum atomic E-state index is 12.5. The number of esters is 1. The summed E-state index contributed by atoms with van der Waals surface area (Å²) in [4.78, 5) is 50.2. The topological polar surface area (TPSA) is 111 Å². The van der Waals surface area contributed by atoms with E-state index in [-0.39, 0.29) is 29.9 Å². The smallest absolute Gasteiger partial charge is 0.339 e. The molecule has 2 aliphatic rings. The number of ether oxygens (including phenoxy) is 3. The molecule has 32 heavy (non-hydrogen) atoms. The molecule has 10 heteroatoms. The van der Waals surface area contributed by atoms with Crippen molar-refractivity contribution < 1.29 is 33.4 Å². The third kappa shape index (κ3) is 5.02. The normalized spacial score (nSPS) is 14.4. The number of benzene rings is 2. The van der Waals surface area contributed by atoms with Gasteiger partial charge in [-0.2, -0.15) is 0 Å². The summed E-state index contributed by atoms with van der Waals surface area (Å²) in [5.41, 5.74) is 0.816. The van der Waals surface area contributed by atoms with Gasteiger partial charge >= 0.3 is 5.97 Å². The van der Waals surface area contributed by atoms with Crippen molar-refractivity contribution in [3.05, 3.63) is 48.0 Å². The summed E-state index contributed by atoms with van der Waals surface area (Å²) in [5, 5.41) is 2.77. The number of likely N-dealkylation sites (tertiary alicyclic amines) is 1. The highest BCUT2D eigenvalue weighted by Crippen LogP contribution is 2.34. The third-order valence-electron chi connectivity index (χ3n) is 4.82. The van der Waals surface area contributed by atoms with Crippen molar-refractivity contribution in [2.24, 2.45) is 0 Å². The lowest BCUT2D eigenvalue weighted by molar-refractivity contribution is -0.143. The van der Waals surface area contributed by atoms with E-state index in [4.69, 9.17) is 14.2 Å². The fourth-order valence-corrected chi connectivity index (χ4v) is 4.11. The molecular weight excluding hydrogens is 436 g/mol. The van der Waals surface area contributed by atoms with Crippen molar-refractivity contribution in [1.29, 1.82) is 0 Å². The summed E-state index contributed by atoms with van der Waals surface area (Å²) >= 11 is 1.17. The lowest BCUT2D eigenvalue weighted by Gasteiger charge is -2.14. The minimum Gasteiger partial charge on any atom is -0.454 e. The monoisotopic (exact) mass is 456 g/mol. The number of rotatable bonds is 7. The maximum Gasteiger partial charge on any atom is 0.339 e. The molecule has 2 aliphatic heterocycles. The summed E-state index contributed by atoms with van der Waals surface area (Å²) in [7, 11) is 0. The van der Waals surface area contributed by atoms with Crippen LogP contribution >= 0.6 is 11.8 Å². The van der Waals surface area contributed by atoms with E-state index < -0.39 is 18.5 Å². The van der Waals surface area contributed by atoms with Gasteiger partial charge in [0, 0.05) is 29.6 Å². The zero-order valence-corrected chi connectivity index (χ0v) is 17.8. The number of nitrogens with one attached hydrogen (secondary N) is 1. The highest BCUT2D eigenvalue weighted by molar-refractivity contribution is 8.00. The molecule has 0 saturated carbocycles. The quantitative estimate of drug-likeness (QED) is 0.500. The van der Waals surface area contributed by atoms with Crippen molar-refractivity contribution in [3.8, 4) is 11.5 Å². The highest BCUT2D eigenvalue weighted by Gasteiger charge is 2.27. The zero-order valence-electron chi connectivity index (χ0n) is 17.0. The number of hydrogen-bond acceptors (Lipinski definition) is 8. The number of amides is 3. The van der Waals surface area contributed by atoms with Gasteiger partial charge in [-0.25, -0.2) is 4.79 Å². The molecule has 0 aromatic heterocycles. The number of hydrogen-bond donors (Lipinski definition) is 1. The average Bonchev–Trinajstić information content (AvgIpc) is 3.44. The number of imide groups is 1. The first-order valence-corrected chi connectivity index (χ1v) is 10.9. The molecule has 2 aromatic carbocycles. The van der Waals surface area contributed by atoms with Gasteiger partial charge in [-0.1, -0.05) is 12.1 Å². The van der Waals surface area contributed by atoms with E-state index in [9.17, 15) is 19.2 Å². The fraction of sp³-hybridized carbons (Fsp3) is 0.273. The Morgan fingerprint density at radius 3 is 2.72 bits per heavy atom. The Hall–Kier alpha value is -3.53. The number of fused-ring (bicyclic) bond motifs is 1. The molecule has 0 spiro atoms. The first-order chi connectivity index (χ1) is 15.5. The number of thioether (sulfide) groups is 1. The highest BCUT2D eigenvalue weighted by atomic mass is 32.2. The van der Waals surface area contributed by atoms with Gasteiger partial charge in [0.15, 0.2) is 18.1 Å². The van der Waals surface area contributed by atoms with Crippen LogP contribution in [0.4, 0.5) is 5.69 Å². The van der Waals surface area contributed by atoms with E-state index in [1.165, 1.54) is 11.8 Å². The predicted octanol–water partition coefficient (Wildman–Crippen LogP) is 2.45. The Morgan fingerprint density at radius 1 is 1.09 bits per heavy atom. The van der Waals surface area contributed by atoms with Crippen molar-refractivity contribution >= 4 is 41.1 Å². The van der Waals surface area contributed by atoms with Crippen LogP contribution < -0.4 is 14.8 Å². The van der Waals surface area contributed by atoms with Crippen LogP contribution in [0.5, 0.6) is 11.5 Å². The van der Waals surface area contributed by atoms with Gasteiger partial charge in [-0.15, -0.1) is 11.8 Å². The molecule has 2 heterocycles. The number of anilines is 1. The summed E-state index contributed by atoms with van der Waals surface area (Å²) in [6, 6.07) is 11.8. The van der Waals surface area contributed by atoms with E-state index in [2.05, 4.69) is 5.32 Å². The van der Waals surface area contributed by atoms with Crippen molar-refractivity contribution in [2.45, 2.75) is 17.7 Å². The van der Waals surface area contributed by atoms with E-state index in [0.29, 0.717) is 41.5 Å². The van der Waals surface area contributed by atoms with Gasteiger partial charge in [0.25, 0.3) is 5.91 Å². The lowest BCUT2D eigenvalue weighted by Crippen LogP contribution is -2.35. The Morgan fingerprint density at radius 2 is 1.91 bits per heavy atom. The van der Waals surface area contributed by atoms with Crippen LogP contribution in [0.25, 0.3) is 0 Å². The van der Waals surface area contributed by atoms with Crippen LogP contribution in [0.2, 0.25) is 0 Å². The molecule has 0 unspecified atom stereocenters. The summed E-state index contributed by atoms with van der Waals surface area (Å²) in [6.45, 7) is -0.0102. The molecule has 3 amide bonds. The first kappa shape index (κ1) is 21.7. The van der Waals surface area contributed by atoms with E-state index in [0.717, 1.165) is 4.90 Å². The SMILES string of the molecule is O=C(CSc1ccccc1C(=O)OCC(=O)N1CCCC1=O)Nc1ccc2c(c1)OCO2. The van der Waals surface area contributed by atoms with Crippen LogP contribution in [-0.4, -0.2) is 54.3 Å². The van der Waals surface area contributed by atoms with Crippen LogP contribution in [0.3, 0.4) is 0 Å². The van der Waals surface area contributed by atoms with E-state index in [1.54, 1.807) is 42.5 Å². The Balaban J connectivity index is 1.31. The molecule has 0 radical (unpaired) electrons. The van der Waals surface area contributed by atoms with Gasteiger partial charge in [-0.05, 0) is 30.7 Å². The number of nitrogens with zero attached hydrogens (tertiary/aromatic N) is 1. The Bertz CT molecular complexity index is 1070. The Kier molecular flexibility index (Phi) is 6.60. The summed E-state index contributed by atoms with van der Waals surface area (Å²) in [6.07, 6.45) is 0.944. The molecule has 1 saturated heterocycles. The van der Waals surface area contributed by atoms with Gasteiger partial charge in [-0.3, -0.25) is 19.3 Å². The standard InChI is InChI=1S/C22H20N2O7S/c25-19(23-14-7-8-16-17(10-14)31-13-30-16)12-32-18-5-2-1-4-15(18)22(28)29-11-21(27)24-9-3-6-20(24)26/h1-2,4-5,7-8,10H,3,6,9,11-13H2,(H,23,25). The molecule has 4 rings (SSSR count). The molecule has 0 bridgehead atoms.